The number of phenolic OH excluding ortho intramolecular Hbond substituents is 1. The number of ether oxygens (including phenoxy) is 3. The number of aldehydes is 1. The summed E-state index contributed by atoms with van der Waals surface area (Å²) in [6, 6.07) is 1.47. The molecule has 0 fully saturated rings. The first-order valence-corrected chi connectivity index (χ1v) is 4.16. The van der Waals surface area contributed by atoms with Crippen LogP contribution in [0.25, 0.3) is 0 Å². The Balaban J connectivity index is 3.48. The lowest BCUT2D eigenvalue weighted by molar-refractivity contribution is 0.111. The van der Waals surface area contributed by atoms with Crippen LogP contribution in [0.5, 0.6) is 23.0 Å². The van der Waals surface area contributed by atoms with E-state index in [9.17, 15) is 9.90 Å². The van der Waals surface area contributed by atoms with Gasteiger partial charge in [-0.15, -0.1) is 0 Å². The van der Waals surface area contributed by atoms with Gasteiger partial charge >= 0.3 is 0 Å². The largest absolute Gasteiger partial charge is 0.504 e. The van der Waals surface area contributed by atoms with Gasteiger partial charge < -0.3 is 19.3 Å². The van der Waals surface area contributed by atoms with Crippen LogP contribution in [0.2, 0.25) is 0 Å². The second-order valence-corrected chi connectivity index (χ2v) is 2.69. The molecular weight excluding hydrogens is 200 g/mol. The van der Waals surface area contributed by atoms with Gasteiger partial charge in [-0.3, -0.25) is 4.79 Å². The second-order valence-electron chi connectivity index (χ2n) is 2.69. The molecule has 15 heavy (non-hydrogen) atoms. The number of phenols is 1. The third kappa shape index (κ3) is 1.81. The van der Waals surface area contributed by atoms with Crippen molar-refractivity contribution in [1.29, 1.82) is 0 Å². The van der Waals surface area contributed by atoms with Gasteiger partial charge in [0.25, 0.3) is 0 Å². The Labute approximate surface area is 87.2 Å². The van der Waals surface area contributed by atoms with Crippen molar-refractivity contribution in [2.45, 2.75) is 0 Å². The van der Waals surface area contributed by atoms with Crippen molar-refractivity contribution < 1.29 is 24.1 Å². The first-order chi connectivity index (χ1) is 7.19. The maximum absolute atomic E-state index is 10.7. The van der Waals surface area contributed by atoms with Crippen molar-refractivity contribution in [1.82, 2.24) is 0 Å². The van der Waals surface area contributed by atoms with Gasteiger partial charge in [0.15, 0.2) is 17.8 Å². The standard InChI is InChI=1S/C10H12O5/c1-13-7-4-8(14-2)10(15-3)9(12)6(7)5-11/h4-5,12H,1-3H3. The molecule has 1 aromatic carbocycles. The molecule has 0 saturated carbocycles. The molecule has 0 spiro atoms. The SMILES string of the molecule is COc1cc(OC)c(OC)c(O)c1C=O. The number of carbonyl (C=O) groups excluding carboxylic acids is 1. The summed E-state index contributed by atoms with van der Waals surface area (Å²) in [6.07, 6.45) is 0.496. The number of aromatic hydroxyl groups is 1. The highest BCUT2D eigenvalue weighted by Crippen LogP contribution is 2.43. The normalized spacial score (nSPS) is 9.53. The number of methoxy groups -OCH3 is 3. The molecule has 0 unspecified atom stereocenters. The lowest BCUT2D eigenvalue weighted by Gasteiger charge is -2.13. The van der Waals surface area contributed by atoms with Gasteiger partial charge in [0.2, 0.25) is 5.75 Å². The van der Waals surface area contributed by atoms with E-state index >= 15 is 0 Å². The van der Waals surface area contributed by atoms with Crippen LogP contribution >= 0.6 is 0 Å². The van der Waals surface area contributed by atoms with Gasteiger partial charge in [-0.2, -0.15) is 0 Å². The Morgan fingerprint density at radius 1 is 1.13 bits per heavy atom. The number of benzene rings is 1. The summed E-state index contributed by atoms with van der Waals surface area (Å²) in [4.78, 5) is 10.7. The van der Waals surface area contributed by atoms with Gasteiger partial charge in [-0.1, -0.05) is 0 Å². The van der Waals surface area contributed by atoms with E-state index in [4.69, 9.17) is 14.2 Å². The van der Waals surface area contributed by atoms with E-state index in [2.05, 4.69) is 0 Å². The fourth-order valence-electron chi connectivity index (χ4n) is 1.25. The molecule has 0 radical (unpaired) electrons. The molecule has 0 heterocycles. The Hall–Kier alpha value is -1.91. The van der Waals surface area contributed by atoms with Crippen molar-refractivity contribution in [3.05, 3.63) is 11.6 Å². The molecule has 1 aromatic rings. The summed E-state index contributed by atoms with van der Waals surface area (Å²) in [5.41, 5.74) is 0.0372. The lowest BCUT2D eigenvalue weighted by Crippen LogP contribution is -1.97. The highest BCUT2D eigenvalue weighted by atomic mass is 16.5. The van der Waals surface area contributed by atoms with Crippen molar-refractivity contribution in [2.24, 2.45) is 0 Å². The number of rotatable bonds is 4. The summed E-state index contributed by atoms with van der Waals surface area (Å²) >= 11 is 0. The predicted molar refractivity (Wildman–Crippen MR) is 53.2 cm³/mol. The van der Waals surface area contributed by atoms with Gasteiger partial charge in [-0.05, 0) is 0 Å². The molecule has 0 bridgehead atoms. The van der Waals surface area contributed by atoms with E-state index in [0.29, 0.717) is 12.0 Å². The monoisotopic (exact) mass is 212 g/mol. The van der Waals surface area contributed by atoms with Crippen LogP contribution in [-0.2, 0) is 0 Å². The Morgan fingerprint density at radius 2 is 1.73 bits per heavy atom. The molecule has 0 saturated heterocycles. The Bertz CT molecular complexity index is 373. The molecule has 1 N–H and O–H groups in total. The van der Waals surface area contributed by atoms with Crippen LogP contribution in [0.15, 0.2) is 6.07 Å². The zero-order valence-corrected chi connectivity index (χ0v) is 8.73. The minimum atomic E-state index is -0.288. The topological polar surface area (TPSA) is 65.0 Å². The average Bonchev–Trinajstić information content (AvgIpc) is 2.27. The van der Waals surface area contributed by atoms with E-state index in [1.54, 1.807) is 0 Å². The molecule has 82 valence electrons. The molecule has 0 aliphatic heterocycles. The number of hydrogen-bond donors (Lipinski definition) is 1. The fourth-order valence-corrected chi connectivity index (χ4v) is 1.25. The maximum Gasteiger partial charge on any atom is 0.204 e. The van der Waals surface area contributed by atoms with Crippen molar-refractivity contribution in [3.63, 3.8) is 0 Å². The van der Waals surface area contributed by atoms with E-state index in [1.165, 1.54) is 27.4 Å². The smallest absolute Gasteiger partial charge is 0.204 e. The minimum Gasteiger partial charge on any atom is -0.504 e. The third-order valence-corrected chi connectivity index (χ3v) is 1.98. The summed E-state index contributed by atoms with van der Waals surface area (Å²) in [5, 5.41) is 9.70. The Morgan fingerprint density at radius 3 is 2.13 bits per heavy atom. The third-order valence-electron chi connectivity index (χ3n) is 1.98. The van der Waals surface area contributed by atoms with Gasteiger partial charge in [-0.25, -0.2) is 0 Å². The zero-order valence-electron chi connectivity index (χ0n) is 8.73. The number of hydrogen-bond acceptors (Lipinski definition) is 5. The van der Waals surface area contributed by atoms with Crippen molar-refractivity contribution in [3.8, 4) is 23.0 Å². The molecule has 0 aromatic heterocycles. The quantitative estimate of drug-likeness (QED) is 0.760. The summed E-state index contributed by atoms with van der Waals surface area (Å²) in [7, 11) is 4.20. The summed E-state index contributed by atoms with van der Waals surface area (Å²) in [5.74, 6) is 0.363. The predicted octanol–water partition coefficient (Wildman–Crippen LogP) is 1.23. The first kappa shape index (κ1) is 11.2. The maximum atomic E-state index is 10.7. The molecule has 0 aliphatic rings. The van der Waals surface area contributed by atoms with Crippen molar-refractivity contribution >= 4 is 6.29 Å². The summed E-state index contributed by atoms with van der Waals surface area (Å²) in [6.45, 7) is 0. The van der Waals surface area contributed by atoms with Crippen LogP contribution in [0.4, 0.5) is 0 Å². The van der Waals surface area contributed by atoms with E-state index < -0.39 is 0 Å². The lowest BCUT2D eigenvalue weighted by atomic mass is 10.1. The van der Waals surface area contributed by atoms with Crippen LogP contribution in [0.1, 0.15) is 10.4 Å². The second kappa shape index (κ2) is 4.54. The van der Waals surface area contributed by atoms with E-state index in [0.717, 1.165) is 0 Å². The highest BCUT2D eigenvalue weighted by Gasteiger charge is 2.19. The van der Waals surface area contributed by atoms with Crippen molar-refractivity contribution in [2.75, 3.05) is 21.3 Å². The first-order valence-electron chi connectivity index (χ1n) is 4.16. The summed E-state index contributed by atoms with van der Waals surface area (Å²) < 4.78 is 14.8. The minimum absolute atomic E-state index is 0.0372. The molecule has 0 aliphatic carbocycles. The Kier molecular flexibility index (Phi) is 3.38. The number of carbonyl (C=O) groups is 1. The molecule has 0 atom stereocenters. The van der Waals surface area contributed by atoms with Crippen LogP contribution in [0, 0.1) is 0 Å². The van der Waals surface area contributed by atoms with Gasteiger partial charge in [0.05, 0.1) is 21.3 Å². The molecule has 5 heteroatoms. The molecule has 1 rings (SSSR count). The van der Waals surface area contributed by atoms with E-state index in [-0.39, 0.29) is 22.8 Å². The highest BCUT2D eigenvalue weighted by molar-refractivity contribution is 5.86. The van der Waals surface area contributed by atoms with E-state index in [1.807, 2.05) is 0 Å². The molecule has 5 nitrogen and oxygen atoms in total. The average molecular weight is 212 g/mol. The zero-order chi connectivity index (χ0) is 11.4. The molecule has 0 amide bonds. The van der Waals surface area contributed by atoms with Gasteiger partial charge in [0.1, 0.15) is 11.3 Å². The van der Waals surface area contributed by atoms with Crippen LogP contribution in [-0.4, -0.2) is 32.7 Å². The van der Waals surface area contributed by atoms with Crippen LogP contribution < -0.4 is 14.2 Å². The van der Waals surface area contributed by atoms with Gasteiger partial charge in [0, 0.05) is 6.07 Å². The fraction of sp³-hybridized carbons (Fsp3) is 0.300. The molecular formula is C10H12O5. The van der Waals surface area contributed by atoms with Crippen LogP contribution in [0.3, 0.4) is 0 Å².